The monoisotopic (exact) mass is 381 g/mol. The van der Waals surface area contributed by atoms with Crippen molar-refractivity contribution in [2.45, 2.75) is 11.2 Å². The summed E-state index contributed by atoms with van der Waals surface area (Å²) >= 11 is 6.46. The maximum Gasteiger partial charge on any atom is 0.251 e. The van der Waals surface area contributed by atoms with Crippen LogP contribution in [0, 0.1) is 5.82 Å². The highest BCUT2D eigenvalue weighted by Crippen LogP contribution is 2.16. The minimum Gasteiger partial charge on any atom is -0.384 e. The molecule has 1 aromatic carbocycles. The minimum atomic E-state index is -0.444. The molecule has 0 fully saturated rings. The Labute approximate surface area is 122 Å². The van der Waals surface area contributed by atoms with E-state index in [1.807, 2.05) is 0 Å². The van der Waals surface area contributed by atoms with E-state index in [-0.39, 0.29) is 10.7 Å². The summed E-state index contributed by atoms with van der Waals surface area (Å²) in [6, 6.07) is 4.30. The van der Waals surface area contributed by atoms with Gasteiger partial charge in [0.15, 0.2) is 0 Å². The zero-order chi connectivity index (χ0) is 13.5. The number of carbonyl (C=O) groups is 1. The van der Waals surface area contributed by atoms with Gasteiger partial charge < -0.3 is 10.1 Å². The molecule has 0 bridgehead atoms. The van der Waals surface area contributed by atoms with Crippen molar-refractivity contribution in [2.75, 3.05) is 20.3 Å². The number of halogens is 3. The van der Waals surface area contributed by atoms with Crippen molar-refractivity contribution in [1.82, 2.24) is 5.32 Å². The van der Waals surface area contributed by atoms with Gasteiger partial charge in [0, 0.05) is 24.0 Å². The molecule has 3 nitrogen and oxygen atoms in total. The molecule has 0 aliphatic carbocycles. The second kappa shape index (κ2) is 7.86. The van der Waals surface area contributed by atoms with Crippen molar-refractivity contribution in [2.24, 2.45) is 0 Å². The van der Waals surface area contributed by atoms with Crippen LogP contribution < -0.4 is 5.32 Å². The van der Waals surface area contributed by atoms with Crippen molar-refractivity contribution in [3.05, 3.63) is 34.1 Å². The smallest absolute Gasteiger partial charge is 0.251 e. The van der Waals surface area contributed by atoms with Gasteiger partial charge in [-0.1, -0.05) is 15.9 Å². The largest absolute Gasteiger partial charge is 0.384 e. The molecule has 0 heterocycles. The van der Waals surface area contributed by atoms with Gasteiger partial charge in [0.1, 0.15) is 5.82 Å². The van der Waals surface area contributed by atoms with Crippen LogP contribution in [0.2, 0.25) is 0 Å². The van der Waals surface area contributed by atoms with E-state index >= 15 is 0 Å². The van der Waals surface area contributed by atoms with Gasteiger partial charge in [-0.15, -0.1) is 0 Å². The second-order valence-corrected chi connectivity index (χ2v) is 5.88. The van der Waals surface area contributed by atoms with Crippen LogP contribution in [-0.4, -0.2) is 31.0 Å². The van der Waals surface area contributed by atoms with Crippen LogP contribution >= 0.6 is 31.9 Å². The fourth-order valence-electron chi connectivity index (χ4n) is 1.35. The predicted molar refractivity (Wildman–Crippen MR) is 75.6 cm³/mol. The Kier molecular flexibility index (Phi) is 6.81. The molecular weight excluding hydrogens is 369 g/mol. The zero-order valence-corrected chi connectivity index (χ0v) is 13.1. The Morgan fingerprint density at radius 2 is 2.28 bits per heavy atom. The number of benzene rings is 1. The van der Waals surface area contributed by atoms with Crippen LogP contribution in [0.4, 0.5) is 4.39 Å². The van der Waals surface area contributed by atoms with Gasteiger partial charge in [0.2, 0.25) is 0 Å². The van der Waals surface area contributed by atoms with E-state index in [9.17, 15) is 9.18 Å². The first-order valence-electron chi connectivity index (χ1n) is 5.41. The standard InChI is InChI=1S/C12H14Br2FNO2/c1-18-7-9(13)4-5-16-12(17)8-2-3-10(14)11(15)6-8/h2-3,6,9H,4-5,7H2,1H3,(H,16,17). The average molecular weight is 383 g/mol. The van der Waals surface area contributed by atoms with Crippen molar-refractivity contribution < 1.29 is 13.9 Å². The van der Waals surface area contributed by atoms with Gasteiger partial charge in [-0.25, -0.2) is 4.39 Å². The van der Waals surface area contributed by atoms with Crippen LogP contribution in [0.25, 0.3) is 0 Å². The molecule has 0 aliphatic rings. The topological polar surface area (TPSA) is 38.3 Å². The number of alkyl halides is 1. The molecule has 6 heteroatoms. The Bertz CT molecular complexity index is 415. The molecule has 0 saturated carbocycles. The summed E-state index contributed by atoms with van der Waals surface area (Å²) in [6.45, 7) is 1.10. The van der Waals surface area contributed by atoms with Crippen molar-refractivity contribution in [3.8, 4) is 0 Å². The Morgan fingerprint density at radius 1 is 1.56 bits per heavy atom. The highest BCUT2D eigenvalue weighted by molar-refractivity contribution is 9.10. The number of rotatable bonds is 6. The molecule has 0 spiro atoms. The van der Waals surface area contributed by atoms with Crippen LogP contribution in [0.15, 0.2) is 22.7 Å². The first-order valence-corrected chi connectivity index (χ1v) is 7.11. The summed E-state index contributed by atoms with van der Waals surface area (Å²) in [7, 11) is 1.62. The SMILES string of the molecule is COCC(Br)CCNC(=O)c1ccc(Br)c(F)c1. The van der Waals surface area contributed by atoms with E-state index in [0.29, 0.717) is 23.2 Å². The highest BCUT2D eigenvalue weighted by Gasteiger charge is 2.09. The molecule has 1 amide bonds. The summed E-state index contributed by atoms with van der Waals surface area (Å²) in [6.07, 6.45) is 0.749. The van der Waals surface area contributed by atoms with E-state index in [4.69, 9.17) is 4.74 Å². The minimum absolute atomic E-state index is 0.199. The molecule has 0 saturated heterocycles. The molecule has 0 radical (unpaired) electrons. The molecule has 1 aromatic rings. The average Bonchev–Trinajstić information content (AvgIpc) is 2.33. The summed E-state index contributed by atoms with van der Waals surface area (Å²) in [4.78, 5) is 11.9. The number of hydrogen-bond donors (Lipinski definition) is 1. The van der Waals surface area contributed by atoms with E-state index in [2.05, 4.69) is 37.2 Å². The lowest BCUT2D eigenvalue weighted by Crippen LogP contribution is -2.27. The molecule has 100 valence electrons. The second-order valence-electron chi connectivity index (χ2n) is 3.73. The molecular formula is C12H14Br2FNO2. The summed E-state index contributed by atoms with van der Waals surface area (Å²) in [5.74, 6) is -0.723. The predicted octanol–water partition coefficient (Wildman–Crippen LogP) is 3.12. The molecule has 1 atom stereocenters. The number of carbonyl (C=O) groups excluding carboxylic acids is 1. The molecule has 1 unspecified atom stereocenters. The Morgan fingerprint density at radius 3 is 2.89 bits per heavy atom. The lowest BCUT2D eigenvalue weighted by molar-refractivity contribution is 0.0951. The molecule has 0 aliphatic heterocycles. The van der Waals surface area contributed by atoms with E-state index in [1.165, 1.54) is 12.1 Å². The first kappa shape index (κ1) is 15.6. The van der Waals surface area contributed by atoms with Crippen LogP contribution in [0.1, 0.15) is 16.8 Å². The molecule has 0 aromatic heterocycles. The molecule has 1 rings (SSSR count). The number of amides is 1. The number of methoxy groups -OCH3 is 1. The fourth-order valence-corrected chi connectivity index (χ4v) is 2.09. The quantitative estimate of drug-likeness (QED) is 0.767. The molecule has 1 N–H and O–H groups in total. The van der Waals surface area contributed by atoms with Gasteiger partial charge in [-0.3, -0.25) is 4.79 Å². The third kappa shape index (κ3) is 5.04. The third-order valence-corrected chi connectivity index (χ3v) is 3.64. The van der Waals surface area contributed by atoms with E-state index in [0.717, 1.165) is 6.42 Å². The fraction of sp³-hybridized carbons (Fsp3) is 0.417. The zero-order valence-electron chi connectivity index (χ0n) is 9.88. The Hall–Kier alpha value is -0.460. The van der Waals surface area contributed by atoms with Gasteiger partial charge in [0.25, 0.3) is 5.91 Å². The number of nitrogens with one attached hydrogen (secondary N) is 1. The van der Waals surface area contributed by atoms with Gasteiger partial charge in [0.05, 0.1) is 11.1 Å². The third-order valence-electron chi connectivity index (χ3n) is 2.27. The van der Waals surface area contributed by atoms with Crippen molar-refractivity contribution in [3.63, 3.8) is 0 Å². The summed E-state index contributed by atoms with van der Waals surface area (Å²) < 4.78 is 18.5. The molecule has 18 heavy (non-hydrogen) atoms. The van der Waals surface area contributed by atoms with Gasteiger partial charge >= 0.3 is 0 Å². The first-order chi connectivity index (χ1) is 8.54. The lowest BCUT2D eigenvalue weighted by atomic mass is 10.2. The van der Waals surface area contributed by atoms with Crippen molar-refractivity contribution in [1.29, 1.82) is 0 Å². The van der Waals surface area contributed by atoms with Crippen LogP contribution in [0.3, 0.4) is 0 Å². The van der Waals surface area contributed by atoms with Gasteiger partial charge in [-0.2, -0.15) is 0 Å². The highest BCUT2D eigenvalue weighted by atomic mass is 79.9. The number of hydrogen-bond acceptors (Lipinski definition) is 2. The van der Waals surface area contributed by atoms with Gasteiger partial charge in [-0.05, 0) is 40.5 Å². The van der Waals surface area contributed by atoms with E-state index < -0.39 is 5.82 Å². The Balaban J connectivity index is 2.43. The summed E-state index contributed by atoms with van der Waals surface area (Å²) in [5, 5.41) is 2.73. The lowest BCUT2D eigenvalue weighted by Gasteiger charge is -2.09. The number of ether oxygens (including phenoxy) is 1. The van der Waals surface area contributed by atoms with Crippen LogP contribution in [-0.2, 0) is 4.74 Å². The van der Waals surface area contributed by atoms with E-state index in [1.54, 1.807) is 13.2 Å². The maximum absolute atomic E-state index is 13.2. The summed E-state index contributed by atoms with van der Waals surface area (Å²) in [5.41, 5.74) is 0.313. The van der Waals surface area contributed by atoms with Crippen LogP contribution in [0.5, 0.6) is 0 Å². The maximum atomic E-state index is 13.2. The van der Waals surface area contributed by atoms with Crippen molar-refractivity contribution >= 4 is 37.8 Å². The normalized spacial score (nSPS) is 12.2.